The molecule has 0 aliphatic rings. The highest BCUT2D eigenvalue weighted by Crippen LogP contribution is 1.88. The minimum atomic E-state index is 0.0638. The topological polar surface area (TPSA) is 58.4 Å². The molecule has 88 valence electrons. The molecule has 0 aliphatic heterocycles. The molecule has 0 spiro atoms. The Hall–Kier alpha value is -0.680. The Balaban J connectivity index is 3.53. The van der Waals surface area contributed by atoms with Gasteiger partial charge < -0.3 is 11.1 Å². The summed E-state index contributed by atoms with van der Waals surface area (Å²) < 4.78 is 0. The van der Waals surface area contributed by atoms with Crippen LogP contribution in [0.2, 0.25) is 0 Å². The monoisotopic (exact) mass is 231 g/mol. The zero-order valence-electron chi connectivity index (χ0n) is 9.58. The van der Waals surface area contributed by atoms with Crippen molar-refractivity contribution in [1.29, 1.82) is 0 Å². The molecule has 0 aromatic rings. The maximum absolute atomic E-state index is 11.4. The van der Waals surface area contributed by atoms with Crippen LogP contribution in [-0.2, 0) is 4.79 Å². The van der Waals surface area contributed by atoms with Crippen molar-refractivity contribution in [3.8, 4) is 0 Å². The van der Waals surface area contributed by atoms with E-state index in [4.69, 9.17) is 18.0 Å². The summed E-state index contributed by atoms with van der Waals surface area (Å²) in [6.45, 7) is 4.00. The predicted molar refractivity (Wildman–Crippen MR) is 66.8 cm³/mol. The summed E-state index contributed by atoms with van der Waals surface area (Å²) in [4.78, 5) is 13.8. The predicted octanol–water partition coefficient (Wildman–Crippen LogP) is 0.511. The van der Waals surface area contributed by atoms with Crippen LogP contribution in [0.15, 0.2) is 0 Å². The average Bonchev–Trinajstić information content (AvgIpc) is 2.15. The Bertz CT molecular complexity index is 209. The molecule has 15 heavy (non-hydrogen) atoms. The van der Waals surface area contributed by atoms with Crippen molar-refractivity contribution in [1.82, 2.24) is 10.2 Å². The molecule has 0 heterocycles. The molecular formula is C10H21N3OS. The van der Waals surface area contributed by atoms with E-state index in [1.54, 1.807) is 0 Å². The largest absolute Gasteiger partial charge is 0.393 e. The maximum Gasteiger partial charge on any atom is 0.234 e. The van der Waals surface area contributed by atoms with Crippen LogP contribution in [0.5, 0.6) is 0 Å². The second-order valence-corrected chi connectivity index (χ2v) is 4.18. The standard InChI is InChI=1S/C10H21N3OS/c1-3-4-6-12-10(14)8-13(2)7-5-9(11)15/h3-8H2,1-2H3,(H2,11,15)(H,12,14). The fraction of sp³-hybridized carbons (Fsp3) is 0.800. The van der Waals surface area contributed by atoms with Crippen molar-refractivity contribution in [2.45, 2.75) is 26.2 Å². The molecule has 0 radical (unpaired) electrons. The van der Waals surface area contributed by atoms with Crippen molar-refractivity contribution >= 4 is 23.1 Å². The van der Waals surface area contributed by atoms with Crippen molar-refractivity contribution in [3.63, 3.8) is 0 Å². The third-order valence-corrected chi connectivity index (χ3v) is 2.21. The number of nitrogens with two attached hydrogens (primary N) is 1. The van der Waals surface area contributed by atoms with Crippen molar-refractivity contribution in [2.75, 3.05) is 26.7 Å². The lowest BCUT2D eigenvalue weighted by Crippen LogP contribution is -2.36. The highest BCUT2D eigenvalue weighted by atomic mass is 32.1. The van der Waals surface area contributed by atoms with E-state index in [1.165, 1.54) is 0 Å². The molecular weight excluding hydrogens is 210 g/mol. The number of hydrogen-bond donors (Lipinski definition) is 2. The van der Waals surface area contributed by atoms with E-state index >= 15 is 0 Å². The Kier molecular flexibility index (Phi) is 8.22. The third-order valence-electron chi connectivity index (χ3n) is 2.01. The van der Waals surface area contributed by atoms with Gasteiger partial charge in [0.25, 0.3) is 0 Å². The van der Waals surface area contributed by atoms with Crippen LogP contribution in [0.3, 0.4) is 0 Å². The summed E-state index contributed by atoms with van der Waals surface area (Å²) in [5.41, 5.74) is 5.37. The Morgan fingerprint density at radius 3 is 2.73 bits per heavy atom. The van der Waals surface area contributed by atoms with Gasteiger partial charge >= 0.3 is 0 Å². The zero-order valence-corrected chi connectivity index (χ0v) is 10.4. The smallest absolute Gasteiger partial charge is 0.234 e. The fourth-order valence-corrected chi connectivity index (χ4v) is 1.18. The fourth-order valence-electron chi connectivity index (χ4n) is 1.09. The highest BCUT2D eigenvalue weighted by Gasteiger charge is 2.05. The lowest BCUT2D eigenvalue weighted by molar-refractivity contribution is -0.121. The number of carbonyl (C=O) groups excluding carboxylic acids is 1. The number of nitrogens with zero attached hydrogens (tertiary/aromatic N) is 1. The number of thiocarbonyl (C=S) groups is 1. The average molecular weight is 231 g/mol. The first kappa shape index (κ1) is 14.3. The van der Waals surface area contributed by atoms with Crippen LogP contribution in [0.25, 0.3) is 0 Å². The molecule has 0 saturated heterocycles. The first-order valence-electron chi connectivity index (χ1n) is 5.29. The summed E-state index contributed by atoms with van der Waals surface area (Å²) in [6.07, 6.45) is 2.79. The van der Waals surface area contributed by atoms with E-state index < -0.39 is 0 Å². The molecule has 0 rings (SSSR count). The summed E-state index contributed by atoms with van der Waals surface area (Å²) in [7, 11) is 1.89. The van der Waals surface area contributed by atoms with Crippen molar-refractivity contribution < 1.29 is 4.79 Å². The zero-order chi connectivity index (χ0) is 11.7. The van der Waals surface area contributed by atoms with Gasteiger partial charge in [-0.3, -0.25) is 9.69 Å². The van der Waals surface area contributed by atoms with Gasteiger partial charge in [0.1, 0.15) is 0 Å². The molecule has 0 aromatic carbocycles. The van der Waals surface area contributed by atoms with Crippen LogP contribution in [-0.4, -0.2) is 42.5 Å². The maximum atomic E-state index is 11.4. The normalized spacial score (nSPS) is 10.3. The SMILES string of the molecule is CCCCNC(=O)CN(C)CCC(N)=S. The van der Waals surface area contributed by atoms with Gasteiger partial charge in [0.2, 0.25) is 5.91 Å². The van der Waals surface area contributed by atoms with Crippen LogP contribution in [0, 0.1) is 0 Å². The van der Waals surface area contributed by atoms with Gasteiger partial charge in [-0.25, -0.2) is 0 Å². The molecule has 0 bridgehead atoms. The molecule has 0 aromatic heterocycles. The lowest BCUT2D eigenvalue weighted by atomic mass is 10.3. The van der Waals surface area contributed by atoms with Gasteiger partial charge in [0.05, 0.1) is 11.5 Å². The number of rotatable bonds is 8. The Morgan fingerprint density at radius 1 is 1.53 bits per heavy atom. The molecule has 0 fully saturated rings. The van der Waals surface area contributed by atoms with E-state index in [-0.39, 0.29) is 5.91 Å². The van der Waals surface area contributed by atoms with Crippen LogP contribution in [0.1, 0.15) is 26.2 Å². The molecule has 0 atom stereocenters. The summed E-state index contributed by atoms with van der Waals surface area (Å²) in [5.74, 6) is 0.0638. The minimum absolute atomic E-state index is 0.0638. The van der Waals surface area contributed by atoms with E-state index in [0.717, 1.165) is 25.9 Å². The van der Waals surface area contributed by atoms with Gasteiger partial charge in [0.15, 0.2) is 0 Å². The van der Waals surface area contributed by atoms with Gasteiger partial charge in [-0.1, -0.05) is 25.6 Å². The van der Waals surface area contributed by atoms with E-state index in [1.807, 2.05) is 11.9 Å². The van der Waals surface area contributed by atoms with E-state index in [9.17, 15) is 4.79 Å². The van der Waals surface area contributed by atoms with Crippen LogP contribution >= 0.6 is 12.2 Å². The van der Waals surface area contributed by atoms with Gasteiger partial charge in [-0.15, -0.1) is 0 Å². The second kappa shape index (κ2) is 8.61. The summed E-state index contributed by atoms with van der Waals surface area (Å²) in [5, 5.41) is 2.86. The second-order valence-electron chi connectivity index (χ2n) is 3.66. The van der Waals surface area contributed by atoms with Gasteiger partial charge in [0, 0.05) is 19.5 Å². The van der Waals surface area contributed by atoms with Crippen molar-refractivity contribution in [3.05, 3.63) is 0 Å². The summed E-state index contributed by atoms with van der Waals surface area (Å²) in [6, 6.07) is 0. The molecule has 0 saturated carbocycles. The molecule has 1 amide bonds. The molecule has 0 aliphatic carbocycles. The van der Waals surface area contributed by atoms with Crippen LogP contribution in [0.4, 0.5) is 0 Å². The highest BCUT2D eigenvalue weighted by molar-refractivity contribution is 7.80. The number of carbonyl (C=O) groups is 1. The number of amides is 1. The number of likely N-dealkylation sites (N-methyl/N-ethyl adjacent to an activating group) is 1. The number of nitrogens with one attached hydrogen (secondary N) is 1. The quantitative estimate of drug-likeness (QED) is 0.472. The van der Waals surface area contributed by atoms with E-state index in [2.05, 4.69) is 12.2 Å². The molecule has 3 N–H and O–H groups in total. The summed E-state index contributed by atoms with van der Waals surface area (Å²) >= 11 is 4.76. The minimum Gasteiger partial charge on any atom is -0.393 e. The number of unbranched alkanes of at least 4 members (excludes halogenated alkanes) is 1. The lowest BCUT2D eigenvalue weighted by Gasteiger charge is -2.15. The first-order valence-corrected chi connectivity index (χ1v) is 5.70. The van der Waals surface area contributed by atoms with Crippen molar-refractivity contribution in [2.24, 2.45) is 5.73 Å². The molecule has 0 unspecified atom stereocenters. The molecule has 4 nitrogen and oxygen atoms in total. The molecule has 5 heteroatoms. The van der Waals surface area contributed by atoms with Gasteiger partial charge in [-0.05, 0) is 13.5 Å². The van der Waals surface area contributed by atoms with Gasteiger partial charge in [-0.2, -0.15) is 0 Å². The first-order chi connectivity index (χ1) is 7.06. The Labute approximate surface area is 97.2 Å². The number of hydrogen-bond acceptors (Lipinski definition) is 3. The van der Waals surface area contributed by atoms with Crippen LogP contribution < -0.4 is 11.1 Å². The Morgan fingerprint density at radius 2 is 2.20 bits per heavy atom. The third kappa shape index (κ3) is 9.62. The van der Waals surface area contributed by atoms with E-state index in [0.29, 0.717) is 18.0 Å².